The van der Waals surface area contributed by atoms with Crippen LogP contribution >= 0.6 is 0 Å². The highest BCUT2D eigenvalue weighted by molar-refractivity contribution is 5.69. The second kappa shape index (κ2) is 8.23. The maximum absolute atomic E-state index is 11.0. The molecule has 1 heterocycles. The molecule has 2 N–H and O–H groups in total. The van der Waals surface area contributed by atoms with Crippen molar-refractivity contribution in [2.45, 2.75) is 26.0 Å². The van der Waals surface area contributed by atoms with Gasteiger partial charge in [0.15, 0.2) is 0 Å². The molecule has 0 spiro atoms. The number of aliphatic hydroxyl groups excluding tert-OH is 1. The van der Waals surface area contributed by atoms with E-state index in [1.807, 2.05) is 0 Å². The average molecular weight is 286 g/mol. The summed E-state index contributed by atoms with van der Waals surface area (Å²) in [7, 11) is 0. The van der Waals surface area contributed by atoms with Gasteiger partial charge in [0.25, 0.3) is 0 Å². The number of aliphatic hydroxyl groups is 1. The number of nitrogens with zero attached hydrogens (tertiary/aromatic N) is 3. The highest BCUT2D eigenvalue weighted by atomic mass is 16.6. The number of aromatic nitrogens is 2. The zero-order valence-corrected chi connectivity index (χ0v) is 11.2. The Balaban J connectivity index is 2.21. The van der Waals surface area contributed by atoms with Crippen molar-refractivity contribution in [3.8, 4) is 0 Å². The number of nitro groups is 1. The molecule has 9 nitrogen and oxygen atoms in total. The van der Waals surface area contributed by atoms with Gasteiger partial charge in [-0.3, -0.25) is 19.6 Å². The van der Waals surface area contributed by atoms with Crippen LogP contribution in [0.15, 0.2) is 12.4 Å². The second-order valence-electron chi connectivity index (χ2n) is 4.09. The Labute approximate surface area is 115 Å². The molecule has 112 valence electrons. The zero-order chi connectivity index (χ0) is 15.0. The number of ether oxygens (including phenoxy) is 1. The summed E-state index contributed by atoms with van der Waals surface area (Å²) < 4.78 is 6.05. The third kappa shape index (κ3) is 5.76. The quantitative estimate of drug-likeness (QED) is 0.276. The molecule has 1 aromatic heterocycles. The lowest BCUT2D eigenvalue weighted by atomic mass is 10.3. The normalized spacial score (nSPS) is 12.1. The van der Waals surface area contributed by atoms with Gasteiger partial charge in [-0.1, -0.05) is 0 Å². The third-order valence-electron chi connectivity index (χ3n) is 2.42. The van der Waals surface area contributed by atoms with Gasteiger partial charge < -0.3 is 15.2 Å². The lowest BCUT2D eigenvalue weighted by molar-refractivity contribution is -0.385. The van der Waals surface area contributed by atoms with Crippen LogP contribution in [0.2, 0.25) is 0 Å². The van der Waals surface area contributed by atoms with Crippen LogP contribution in [-0.2, 0) is 16.1 Å². The number of hydrogen-bond donors (Lipinski definition) is 2. The van der Waals surface area contributed by atoms with Crippen LogP contribution in [0.25, 0.3) is 0 Å². The minimum absolute atomic E-state index is 0.118. The van der Waals surface area contributed by atoms with Gasteiger partial charge in [0.1, 0.15) is 12.4 Å². The fraction of sp³-hybridized carbons (Fsp3) is 0.636. The summed E-state index contributed by atoms with van der Waals surface area (Å²) in [5.74, 6) is -0.294. The second-order valence-corrected chi connectivity index (χ2v) is 4.09. The molecule has 1 atom stereocenters. The number of carbonyl (C=O) groups is 1. The van der Waals surface area contributed by atoms with Crippen LogP contribution in [0.3, 0.4) is 0 Å². The number of hydrogen-bond acceptors (Lipinski definition) is 7. The molecule has 0 radical (unpaired) electrons. The van der Waals surface area contributed by atoms with Gasteiger partial charge in [-0.05, 0) is 6.92 Å². The first kappa shape index (κ1) is 16.1. The summed E-state index contributed by atoms with van der Waals surface area (Å²) in [6.07, 6.45) is 1.85. The Hall–Kier alpha value is -2.00. The predicted molar refractivity (Wildman–Crippen MR) is 69.0 cm³/mol. The molecular weight excluding hydrogens is 268 g/mol. The van der Waals surface area contributed by atoms with E-state index in [9.17, 15) is 20.0 Å². The summed E-state index contributed by atoms with van der Waals surface area (Å²) >= 11 is 0. The average Bonchev–Trinajstić information content (AvgIpc) is 2.83. The van der Waals surface area contributed by atoms with Gasteiger partial charge >= 0.3 is 11.7 Å². The Morgan fingerprint density at radius 2 is 2.45 bits per heavy atom. The summed E-state index contributed by atoms with van der Waals surface area (Å²) in [4.78, 5) is 21.0. The maximum Gasteiger partial charge on any atom is 0.307 e. The van der Waals surface area contributed by atoms with Crippen molar-refractivity contribution in [1.82, 2.24) is 15.1 Å². The topological polar surface area (TPSA) is 120 Å². The number of rotatable bonds is 9. The molecule has 9 heteroatoms. The molecule has 20 heavy (non-hydrogen) atoms. The van der Waals surface area contributed by atoms with Crippen LogP contribution in [0.5, 0.6) is 0 Å². The summed E-state index contributed by atoms with van der Waals surface area (Å²) in [5.41, 5.74) is -0.118. The van der Waals surface area contributed by atoms with Crippen molar-refractivity contribution in [1.29, 1.82) is 0 Å². The Morgan fingerprint density at radius 1 is 1.70 bits per heavy atom. The molecule has 1 rings (SSSR count). The largest absolute Gasteiger partial charge is 0.466 e. The van der Waals surface area contributed by atoms with Gasteiger partial charge in [-0.25, -0.2) is 0 Å². The fourth-order valence-corrected chi connectivity index (χ4v) is 1.52. The first-order valence-electron chi connectivity index (χ1n) is 6.24. The standard InChI is InChI=1S/C11H18N4O5/c1-2-20-11(17)3-4-12-6-10(16)8-14-7-9(5-13-14)15(18)19/h5,7,10,12,16H,2-4,6,8H2,1H3. The molecule has 0 aliphatic heterocycles. The predicted octanol–water partition coefficient (Wildman–Crippen LogP) is -0.305. The van der Waals surface area contributed by atoms with E-state index in [0.717, 1.165) is 6.20 Å². The molecule has 0 bridgehead atoms. The van der Waals surface area contributed by atoms with E-state index in [2.05, 4.69) is 10.4 Å². The third-order valence-corrected chi connectivity index (χ3v) is 2.42. The van der Waals surface area contributed by atoms with Gasteiger partial charge in [0.2, 0.25) is 0 Å². The van der Waals surface area contributed by atoms with E-state index in [-0.39, 0.29) is 31.2 Å². The molecule has 0 aliphatic carbocycles. The van der Waals surface area contributed by atoms with Crippen LogP contribution in [0.1, 0.15) is 13.3 Å². The SMILES string of the molecule is CCOC(=O)CCNCC(O)Cn1cc([N+](=O)[O-])cn1. The molecule has 0 fully saturated rings. The Kier molecular flexibility index (Phi) is 6.60. The van der Waals surface area contributed by atoms with Crippen LogP contribution in [0, 0.1) is 10.1 Å². The smallest absolute Gasteiger partial charge is 0.307 e. The van der Waals surface area contributed by atoms with Gasteiger partial charge in [0, 0.05) is 13.1 Å². The van der Waals surface area contributed by atoms with Crippen molar-refractivity contribution in [2.24, 2.45) is 0 Å². The van der Waals surface area contributed by atoms with Gasteiger partial charge in [-0.2, -0.15) is 5.10 Å². The molecule has 1 aromatic rings. The molecule has 1 unspecified atom stereocenters. The molecular formula is C11H18N4O5. The van der Waals surface area contributed by atoms with Crippen LogP contribution in [-0.4, -0.2) is 51.6 Å². The first-order chi connectivity index (χ1) is 9.52. The highest BCUT2D eigenvalue weighted by Crippen LogP contribution is 2.07. The highest BCUT2D eigenvalue weighted by Gasteiger charge is 2.11. The fourth-order valence-electron chi connectivity index (χ4n) is 1.52. The minimum atomic E-state index is -0.753. The number of nitrogens with one attached hydrogen (secondary N) is 1. The molecule has 0 aliphatic rings. The lowest BCUT2D eigenvalue weighted by Crippen LogP contribution is -2.31. The van der Waals surface area contributed by atoms with Crippen molar-refractivity contribution in [3.05, 3.63) is 22.5 Å². The summed E-state index contributed by atoms with van der Waals surface area (Å²) in [6, 6.07) is 0. The monoisotopic (exact) mass is 286 g/mol. The van der Waals surface area contributed by atoms with E-state index >= 15 is 0 Å². The number of carbonyl (C=O) groups excluding carboxylic acids is 1. The van der Waals surface area contributed by atoms with E-state index in [0.29, 0.717) is 13.2 Å². The molecule has 0 amide bonds. The van der Waals surface area contributed by atoms with E-state index in [4.69, 9.17) is 4.74 Å². The van der Waals surface area contributed by atoms with Crippen molar-refractivity contribution >= 4 is 11.7 Å². The summed E-state index contributed by atoms with van der Waals surface area (Å²) in [6.45, 7) is 2.88. The Bertz CT molecular complexity index is 448. The van der Waals surface area contributed by atoms with Gasteiger partial charge in [-0.15, -0.1) is 0 Å². The lowest BCUT2D eigenvalue weighted by Gasteiger charge is -2.11. The van der Waals surface area contributed by atoms with E-state index in [1.165, 1.54) is 10.9 Å². The first-order valence-corrected chi connectivity index (χ1v) is 6.24. The number of esters is 1. The molecule has 0 saturated heterocycles. The minimum Gasteiger partial charge on any atom is -0.466 e. The van der Waals surface area contributed by atoms with Crippen LogP contribution in [0.4, 0.5) is 5.69 Å². The van der Waals surface area contributed by atoms with Crippen molar-refractivity contribution < 1.29 is 19.6 Å². The van der Waals surface area contributed by atoms with Crippen LogP contribution < -0.4 is 5.32 Å². The summed E-state index contributed by atoms with van der Waals surface area (Å²) in [5, 5.41) is 26.8. The van der Waals surface area contributed by atoms with Gasteiger partial charge in [0.05, 0.1) is 30.6 Å². The Morgan fingerprint density at radius 3 is 3.05 bits per heavy atom. The van der Waals surface area contributed by atoms with Crippen molar-refractivity contribution in [3.63, 3.8) is 0 Å². The van der Waals surface area contributed by atoms with Crippen molar-refractivity contribution in [2.75, 3.05) is 19.7 Å². The zero-order valence-electron chi connectivity index (χ0n) is 11.2. The molecule has 0 saturated carbocycles. The maximum atomic E-state index is 11.0. The van der Waals surface area contributed by atoms with E-state index < -0.39 is 11.0 Å². The van der Waals surface area contributed by atoms with E-state index in [1.54, 1.807) is 6.92 Å². The molecule has 0 aromatic carbocycles.